The minimum atomic E-state index is -1.90. The fourth-order valence-electron chi connectivity index (χ4n) is 3.77. The second-order valence-corrected chi connectivity index (χ2v) is 10.7. The van der Waals surface area contributed by atoms with Gasteiger partial charge in [-0.25, -0.2) is 8.57 Å². The molecule has 0 spiro atoms. The lowest BCUT2D eigenvalue weighted by molar-refractivity contribution is 0.229. The first kappa shape index (κ1) is 17.3. The van der Waals surface area contributed by atoms with E-state index in [1.54, 1.807) is 0 Å². The SMILES string of the molecule is CCN1CCS(=O)(=NC2CCC(CC(C)(C)C)CC2)CC1. The summed E-state index contributed by atoms with van der Waals surface area (Å²) in [6.07, 6.45) is 6.20. The van der Waals surface area contributed by atoms with E-state index >= 15 is 0 Å². The lowest BCUT2D eigenvalue weighted by Crippen LogP contribution is -2.40. The Kier molecular flexibility index (Phi) is 5.75. The van der Waals surface area contributed by atoms with E-state index in [9.17, 15) is 4.21 Å². The van der Waals surface area contributed by atoms with E-state index in [0.717, 1.165) is 49.9 Å². The van der Waals surface area contributed by atoms with Crippen LogP contribution in [0, 0.1) is 11.3 Å². The quantitative estimate of drug-likeness (QED) is 0.794. The minimum Gasteiger partial charge on any atom is -0.302 e. The minimum absolute atomic E-state index is 0.377. The van der Waals surface area contributed by atoms with Crippen LogP contribution in [-0.4, -0.2) is 46.3 Å². The van der Waals surface area contributed by atoms with Crippen LogP contribution in [0.4, 0.5) is 0 Å². The highest BCUT2D eigenvalue weighted by molar-refractivity contribution is 7.93. The van der Waals surface area contributed by atoms with Crippen LogP contribution in [0.2, 0.25) is 0 Å². The van der Waals surface area contributed by atoms with Gasteiger partial charge in [0.2, 0.25) is 0 Å². The van der Waals surface area contributed by atoms with Crippen molar-refractivity contribution >= 4 is 9.73 Å². The molecule has 0 N–H and O–H groups in total. The molecule has 4 heteroatoms. The van der Waals surface area contributed by atoms with Crippen molar-refractivity contribution in [3.8, 4) is 0 Å². The van der Waals surface area contributed by atoms with Gasteiger partial charge in [-0.05, 0) is 50.0 Å². The Morgan fingerprint density at radius 3 is 2.14 bits per heavy atom. The first-order chi connectivity index (χ1) is 9.80. The molecule has 0 aromatic carbocycles. The molecular weight excluding hydrogens is 280 g/mol. The van der Waals surface area contributed by atoms with Crippen molar-refractivity contribution in [2.24, 2.45) is 15.7 Å². The van der Waals surface area contributed by atoms with Crippen molar-refractivity contribution in [2.75, 3.05) is 31.1 Å². The van der Waals surface area contributed by atoms with Crippen LogP contribution in [0.15, 0.2) is 4.36 Å². The standard InChI is InChI=1S/C17H34N2OS/c1-5-19-10-12-21(20,13-11-19)18-16-8-6-15(7-9-16)14-17(2,3)4/h15-16H,5-14H2,1-4H3. The van der Waals surface area contributed by atoms with E-state index < -0.39 is 9.73 Å². The van der Waals surface area contributed by atoms with Gasteiger partial charge in [0.15, 0.2) is 0 Å². The Bertz CT molecular complexity index is 424. The zero-order valence-corrected chi connectivity index (χ0v) is 15.3. The normalized spacial score (nSPS) is 31.0. The summed E-state index contributed by atoms with van der Waals surface area (Å²) in [5, 5.41) is 0. The van der Waals surface area contributed by atoms with Gasteiger partial charge < -0.3 is 4.90 Å². The fourth-order valence-corrected chi connectivity index (χ4v) is 6.03. The number of hydrogen-bond acceptors (Lipinski definition) is 3. The fraction of sp³-hybridized carbons (Fsp3) is 1.00. The van der Waals surface area contributed by atoms with E-state index in [0.29, 0.717) is 11.5 Å². The molecular formula is C17H34N2OS. The van der Waals surface area contributed by atoms with Crippen molar-refractivity contribution in [1.29, 1.82) is 0 Å². The van der Waals surface area contributed by atoms with Gasteiger partial charge in [-0.15, -0.1) is 0 Å². The Labute approximate surface area is 132 Å². The highest BCUT2D eigenvalue weighted by atomic mass is 32.2. The summed E-state index contributed by atoms with van der Waals surface area (Å²) in [4.78, 5) is 2.39. The van der Waals surface area contributed by atoms with Crippen LogP contribution >= 0.6 is 0 Å². The Morgan fingerprint density at radius 2 is 1.67 bits per heavy atom. The molecule has 0 aromatic rings. The smallest absolute Gasteiger partial charge is 0.0594 e. The van der Waals surface area contributed by atoms with Crippen molar-refractivity contribution in [3.63, 3.8) is 0 Å². The molecule has 124 valence electrons. The number of rotatable bonds is 3. The van der Waals surface area contributed by atoms with Crippen molar-refractivity contribution in [2.45, 2.75) is 65.8 Å². The first-order valence-corrected chi connectivity index (χ1v) is 10.6. The molecule has 3 nitrogen and oxygen atoms in total. The number of nitrogens with zero attached hydrogens (tertiary/aromatic N) is 2. The van der Waals surface area contributed by atoms with Gasteiger partial charge in [0, 0.05) is 34.3 Å². The van der Waals surface area contributed by atoms with E-state index in [1.165, 1.54) is 19.3 Å². The highest BCUT2D eigenvalue weighted by Gasteiger charge is 2.27. The third-order valence-electron chi connectivity index (χ3n) is 4.96. The molecule has 0 atom stereocenters. The third-order valence-corrected chi connectivity index (χ3v) is 7.28. The predicted octanol–water partition coefficient (Wildman–Crippen LogP) is 3.78. The molecule has 1 aliphatic carbocycles. The molecule has 21 heavy (non-hydrogen) atoms. The molecule has 1 saturated carbocycles. The van der Waals surface area contributed by atoms with Crippen molar-refractivity contribution in [1.82, 2.24) is 4.90 Å². The molecule has 0 amide bonds. The molecule has 0 aromatic heterocycles. The van der Waals surface area contributed by atoms with Gasteiger partial charge in [-0.1, -0.05) is 27.7 Å². The van der Waals surface area contributed by atoms with Crippen molar-refractivity contribution < 1.29 is 4.21 Å². The summed E-state index contributed by atoms with van der Waals surface area (Å²) in [6.45, 7) is 12.2. The maximum absolute atomic E-state index is 12.9. The first-order valence-electron chi connectivity index (χ1n) is 8.74. The molecule has 2 fully saturated rings. The Balaban J connectivity index is 1.85. The predicted molar refractivity (Wildman–Crippen MR) is 92.2 cm³/mol. The monoisotopic (exact) mass is 314 g/mol. The molecule has 1 heterocycles. The summed E-state index contributed by atoms with van der Waals surface area (Å²) < 4.78 is 17.7. The van der Waals surface area contributed by atoms with Gasteiger partial charge in [0.25, 0.3) is 0 Å². The summed E-state index contributed by atoms with van der Waals surface area (Å²) >= 11 is 0. The van der Waals surface area contributed by atoms with E-state index in [-0.39, 0.29) is 0 Å². The van der Waals surface area contributed by atoms with Crippen LogP contribution in [0.3, 0.4) is 0 Å². The molecule has 1 aliphatic heterocycles. The van der Waals surface area contributed by atoms with E-state index in [1.807, 2.05) is 0 Å². The zero-order chi connectivity index (χ0) is 15.5. The summed E-state index contributed by atoms with van der Waals surface area (Å²) in [6, 6.07) is 0.377. The summed E-state index contributed by atoms with van der Waals surface area (Å²) in [7, 11) is -1.90. The Hall–Kier alpha value is -0.0900. The van der Waals surface area contributed by atoms with Crippen LogP contribution < -0.4 is 0 Å². The highest BCUT2D eigenvalue weighted by Crippen LogP contribution is 2.35. The van der Waals surface area contributed by atoms with Crippen LogP contribution in [-0.2, 0) is 9.73 Å². The summed E-state index contributed by atoms with van der Waals surface area (Å²) in [5.41, 5.74) is 0.437. The molecule has 2 aliphatic rings. The van der Waals surface area contributed by atoms with Crippen LogP contribution in [0.25, 0.3) is 0 Å². The van der Waals surface area contributed by atoms with Gasteiger partial charge >= 0.3 is 0 Å². The van der Waals surface area contributed by atoms with E-state index in [2.05, 4.69) is 32.6 Å². The molecule has 0 bridgehead atoms. The molecule has 1 saturated heterocycles. The van der Waals surface area contributed by atoms with Gasteiger partial charge in [-0.3, -0.25) is 0 Å². The number of hydrogen-bond donors (Lipinski definition) is 0. The maximum atomic E-state index is 12.9. The average molecular weight is 315 g/mol. The van der Waals surface area contributed by atoms with Crippen molar-refractivity contribution in [3.05, 3.63) is 0 Å². The Morgan fingerprint density at radius 1 is 1.10 bits per heavy atom. The lowest BCUT2D eigenvalue weighted by atomic mass is 9.76. The third kappa shape index (κ3) is 5.55. The zero-order valence-electron chi connectivity index (χ0n) is 14.4. The second-order valence-electron chi connectivity index (χ2n) is 8.16. The largest absolute Gasteiger partial charge is 0.302 e. The molecule has 0 radical (unpaired) electrons. The molecule has 0 unspecified atom stereocenters. The van der Waals surface area contributed by atoms with Gasteiger partial charge in [0.1, 0.15) is 0 Å². The molecule has 2 rings (SSSR count). The second kappa shape index (κ2) is 6.99. The summed E-state index contributed by atoms with van der Waals surface area (Å²) in [5.74, 6) is 2.45. The van der Waals surface area contributed by atoms with Gasteiger partial charge in [0.05, 0.1) is 6.04 Å². The van der Waals surface area contributed by atoms with Crippen LogP contribution in [0.1, 0.15) is 59.8 Å². The average Bonchev–Trinajstić information content (AvgIpc) is 2.40. The maximum Gasteiger partial charge on any atom is 0.0594 e. The van der Waals surface area contributed by atoms with Gasteiger partial charge in [-0.2, -0.15) is 0 Å². The van der Waals surface area contributed by atoms with Crippen LogP contribution in [0.5, 0.6) is 0 Å². The topological polar surface area (TPSA) is 32.7 Å². The van der Waals surface area contributed by atoms with E-state index in [4.69, 9.17) is 4.36 Å². The lowest BCUT2D eigenvalue weighted by Gasteiger charge is -2.32.